The summed E-state index contributed by atoms with van der Waals surface area (Å²) in [6.07, 6.45) is 0. The summed E-state index contributed by atoms with van der Waals surface area (Å²) in [6.45, 7) is 1.94. The van der Waals surface area contributed by atoms with Gasteiger partial charge in [-0.15, -0.1) is 11.3 Å². The Morgan fingerprint density at radius 2 is 2.12 bits per heavy atom. The number of thioether (sulfide) groups is 1. The molecule has 0 aliphatic carbocycles. The monoisotopic (exact) mass is 381 g/mol. The Hall–Kier alpha value is -2.89. The number of hydrogen-bond donors (Lipinski definition) is 2. The smallest absolute Gasteiger partial charge is 0.259 e. The van der Waals surface area contributed by atoms with Gasteiger partial charge in [0.1, 0.15) is 16.9 Å². The number of aromatic nitrogens is 2. The summed E-state index contributed by atoms with van der Waals surface area (Å²) in [7, 11) is 0. The summed E-state index contributed by atoms with van der Waals surface area (Å²) in [5, 5.41) is 15.6. The van der Waals surface area contributed by atoms with Crippen molar-refractivity contribution in [3.63, 3.8) is 0 Å². The molecule has 1 aromatic carbocycles. The summed E-state index contributed by atoms with van der Waals surface area (Å²) in [6, 6.07) is 12.6. The lowest BCUT2D eigenvalue weighted by atomic mass is 10.2. The quantitative estimate of drug-likeness (QED) is 0.651. The van der Waals surface area contributed by atoms with Crippen LogP contribution < -0.4 is 11.1 Å². The van der Waals surface area contributed by atoms with Crippen LogP contribution in [0.1, 0.15) is 26.6 Å². The van der Waals surface area contributed by atoms with E-state index >= 15 is 0 Å². The maximum absolute atomic E-state index is 12.4. The number of benzene rings is 1. The molecule has 6 nitrogen and oxygen atoms in total. The topological polar surface area (TPSA) is 105 Å². The molecule has 0 aliphatic rings. The first-order valence-electron chi connectivity index (χ1n) is 7.67. The van der Waals surface area contributed by atoms with Gasteiger partial charge in [-0.3, -0.25) is 4.79 Å². The molecule has 0 unspecified atom stereocenters. The molecular formula is C18H15N5OS2. The molecule has 1 amide bonds. The van der Waals surface area contributed by atoms with Crippen molar-refractivity contribution in [3.8, 4) is 6.07 Å². The van der Waals surface area contributed by atoms with E-state index in [0.717, 1.165) is 10.7 Å². The number of anilines is 2. The van der Waals surface area contributed by atoms with Crippen molar-refractivity contribution < 1.29 is 4.79 Å². The summed E-state index contributed by atoms with van der Waals surface area (Å²) < 4.78 is 0. The highest BCUT2D eigenvalue weighted by Crippen LogP contribution is 2.28. The van der Waals surface area contributed by atoms with Crippen molar-refractivity contribution >= 4 is 40.5 Å². The first-order valence-corrected chi connectivity index (χ1v) is 9.54. The van der Waals surface area contributed by atoms with Gasteiger partial charge in [0.15, 0.2) is 0 Å². The van der Waals surface area contributed by atoms with Gasteiger partial charge >= 0.3 is 0 Å². The van der Waals surface area contributed by atoms with Crippen molar-refractivity contribution in [2.24, 2.45) is 0 Å². The molecule has 3 rings (SSSR count). The Morgan fingerprint density at radius 1 is 1.35 bits per heavy atom. The second-order valence-electron chi connectivity index (χ2n) is 5.35. The van der Waals surface area contributed by atoms with Gasteiger partial charge in [0.2, 0.25) is 0 Å². The molecule has 0 saturated carbocycles. The van der Waals surface area contributed by atoms with E-state index in [1.165, 1.54) is 17.8 Å². The zero-order valence-corrected chi connectivity index (χ0v) is 15.5. The Kier molecular flexibility index (Phi) is 5.51. The van der Waals surface area contributed by atoms with Crippen LogP contribution in [0.5, 0.6) is 0 Å². The van der Waals surface area contributed by atoms with Crippen molar-refractivity contribution in [1.82, 2.24) is 9.97 Å². The van der Waals surface area contributed by atoms with E-state index in [9.17, 15) is 10.1 Å². The molecule has 2 heterocycles. The minimum Gasteiger partial charge on any atom is -0.383 e. The van der Waals surface area contributed by atoms with Gasteiger partial charge in [0, 0.05) is 16.8 Å². The number of nitrogen functional groups attached to an aromatic ring is 1. The standard InChI is InChI=1S/C18H15N5OS2/c1-11-21-14(9-25-11)10-26-18-12(8-19)7-15(16(20)23-18)17(24)22-13-5-3-2-4-6-13/h2-7,9H,10H2,1H3,(H2,20,23)(H,22,24). The molecule has 0 fully saturated rings. The molecule has 8 heteroatoms. The maximum atomic E-state index is 12.4. The molecule has 3 N–H and O–H groups in total. The van der Waals surface area contributed by atoms with Gasteiger partial charge in [-0.25, -0.2) is 9.97 Å². The van der Waals surface area contributed by atoms with E-state index in [4.69, 9.17) is 5.73 Å². The van der Waals surface area contributed by atoms with Crippen LogP contribution in [0.2, 0.25) is 0 Å². The van der Waals surface area contributed by atoms with Crippen LogP contribution in [-0.2, 0) is 5.75 Å². The lowest BCUT2D eigenvalue weighted by Crippen LogP contribution is -2.15. The number of nitrogens with one attached hydrogen (secondary N) is 1. The molecule has 0 saturated heterocycles. The van der Waals surface area contributed by atoms with E-state index in [1.807, 2.05) is 30.5 Å². The average molecular weight is 381 g/mol. The van der Waals surface area contributed by atoms with Crippen LogP contribution in [0.4, 0.5) is 11.5 Å². The zero-order chi connectivity index (χ0) is 18.5. The fourth-order valence-corrected chi connectivity index (χ4v) is 3.79. The van der Waals surface area contributed by atoms with Crippen molar-refractivity contribution in [2.75, 3.05) is 11.1 Å². The number of nitrogens with zero attached hydrogens (tertiary/aromatic N) is 3. The number of amides is 1. The van der Waals surface area contributed by atoms with Crippen molar-refractivity contribution in [3.05, 3.63) is 63.6 Å². The fraction of sp³-hybridized carbons (Fsp3) is 0.111. The van der Waals surface area contributed by atoms with Gasteiger partial charge in [-0.1, -0.05) is 30.0 Å². The Balaban J connectivity index is 1.80. The average Bonchev–Trinajstić information content (AvgIpc) is 3.06. The number of rotatable bonds is 5. The summed E-state index contributed by atoms with van der Waals surface area (Å²) in [5.41, 5.74) is 8.03. The largest absolute Gasteiger partial charge is 0.383 e. The molecular weight excluding hydrogens is 366 g/mol. The number of aryl methyl sites for hydroxylation is 1. The number of nitriles is 1. The van der Waals surface area contributed by atoms with Gasteiger partial charge in [-0.05, 0) is 25.1 Å². The SMILES string of the molecule is Cc1nc(CSc2nc(N)c(C(=O)Nc3ccccc3)cc2C#N)cs1. The van der Waals surface area contributed by atoms with Crippen LogP contribution in [0.15, 0.2) is 46.8 Å². The summed E-state index contributed by atoms with van der Waals surface area (Å²) in [5.74, 6) is 0.278. The van der Waals surface area contributed by atoms with Gasteiger partial charge < -0.3 is 11.1 Å². The number of nitrogens with two attached hydrogens (primary N) is 1. The van der Waals surface area contributed by atoms with E-state index in [-0.39, 0.29) is 11.4 Å². The molecule has 3 aromatic rings. The predicted molar refractivity (Wildman–Crippen MR) is 104 cm³/mol. The molecule has 130 valence electrons. The minimum absolute atomic E-state index is 0.0920. The second-order valence-corrected chi connectivity index (χ2v) is 7.38. The Bertz CT molecular complexity index is 979. The van der Waals surface area contributed by atoms with Crippen LogP contribution in [0.25, 0.3) is 0 Å². The van der Waals surface area contributed by atoms with E-state index in [2.05, 4.69) is 21.4 Å². The highest BCUT2D eigenvalue weighted by Gasteiger charge is 2.16. The molecule has 2 aromatic heterocycles. The van der Waals surface area contributed by atoms with Crippen molar-refractivity contribution in [2.45, 2.75) is 17.7 Å². The first kappa shape index (κ1) is 17.9. The normalized spacial score (nSPS) is 10.3. The number of carbonyl (C=O) groups excluding carboxylic acids is 1. The van der Waals surface area contributed by atoms with E-state index in [0.29, 0.717) is 22.0 Å². The maximum Gasteiger partial charge on any atom is 0.259 e. The van der Waals surface area contributed by atoms with Gasteiger partial charge in [-0.2, -0.15) is 5.26 Å². The predicted octanol–water partition coefficient (Wildman–Crippen LogP) is 3.85. The second kappa shape index (κ2) is 7.99. The number of thiazole rings is 1. The molecule has 0 aliphatic heterocycles. The molecule has 0 spiro atoms. The Labute approximate surface area is 159 Å². The lowest BCUT2D eigenvalue weighted by molar-refractivity contribution is 0.102. The van der Waals surface area contributed by atoms with Crippen LogP contribution >= 0.6 is 23.1 Å². The van der Waals surface area contributed by atoms with Crippen LogP contribution in [0.3, 0.4) is 0 Å². The third-order valence-electron chi connectivity index (χ3n) is 3.44. The third-order valence-corrected chi connectivity index (χ3v) is 5.28. The molecule has 0 atom stereocenters. The fourth-order valence-electron chi connectivity index (χ4n) is 2.22. The molecule has 0 bridgehead atoms. The number of pyridine rings is 1. The molecule has 26 heavy (non-hydrogen) atoms. The lowest BCUT2D eigenvalue weighted by Gasteiger charge is -2.10. The van der Waals surface area contributed by atoms with Crippen LogP contribution in [-0.4, -0.2) is 15.9 Å². The summed E-state index contributed by atoms with van der Waals surface area (Å²) in [4.78, 5) is 21.1. The van der Waals surface area contributed by atoms with Crippen molar-refractivity contribution in [1.29, 1.82) is 5.26 Å². The first-order chi connectivity index (χ1) is 12.6. The summed E-state index contributed by atoms with van der Waals surface area (Å²) >= 11 is 2.95. The Morgan fingerprint density at radius 3 is 2.77 bits per heavy atom. The highest BCUT2D eigenvalue weighted by atomic mass is 32.2. The van der Waals surface area contributed by atoms with Crippen LogP contribution in [0, 0.1) is 18.3 Å². The molecule has 0 radical (unpaired) electrons. The minimum atomic E-state index is -0.399. The van der Waals surface area contributed by atoms with Gasteiger partial charge in [0.05, 0.1) is 21.8 Å². The van der Waals surface area contributed by atoms with E-state index < -0.39 is 5.91 Å². The number of hydrogen-bond acceptors (Lipinski definition) is 7. The highest BCUT2D eigenvalue weighted by molar-refractivity contribution is 7.98. The van der Waals surface area contributed by atoms with Gasteiger partial charge in [0.25, 0.3) is 5.91 Å². The third kappa shape index (κ3) is 4.20. The number of para-hydroxylation sites is 1. The van der Waals surface area contributed by atoms with E-state index in [1.54, 1.807) is 23.5 Å². The zero-order valence-electron chi connectivity index (χ0n) is 13.9. The number of carbonyl (C=O) groups is 1.